The van der Waals surface area contributed by atoms with Crippen LogP contribution in [0.3, 0.4) is 0 Å². The van der Waals surface area contributed by atoms with Crippen LogP contribution in [0.15, 0.2) is 12.3 Å². The monoisotopic (exact) mass is 333 g/mol. The van der Waals surface area contributed by atoms with E-state index in [0.29, 0.717) is 12.6 Å². The smallest absolute Gasteiger partial charge is 0.330 e. The van der Waals surface area contributed by atoms with Crippen LogP contribution < -0.4 is 0 Å². The molecule has 0 bridgehead atoms. The third-order valence-corrected chi connectivity index (χ3v) is 4.61. The van der Waals surface area contributed by atoms with Crippen LogP contribution in [0, 0.1) is 0 Å². The zero-order valence-corrected chi connectivity index (χ0v) is 15.0. The van der Waals surface area contributed by atoms with Crippen molar-refractivity contribution in [1.82, 2.24) is 15.0 Å². The van der Waals surface area contributed by atoms with Gasteiger partial charge in [-0.05, 0) is 25.3 Å². The number of hydrogen-bond donors (Lipinski definition) is 0. The number of unbranched alkanes of at least 4 members (excludes halogenated alkanes) is 5. The van der Waals surface area contributed by atoms with Gasteiger partial charge in [0.2, 0.25) is 0 Å². The van der Waals surface area contributed by atoms with Gasteiger partial charge < -0.3 is 4.74 Å². The maximum absolute atomic E-state index is 11.7. The molecule has 5 heteroatoms. The van der Waals surface area contributed by atoms with Gasteiger partial charge in [-0.3, -0.25) is 0 Å². The molecule has 0 aromatic carbocycles. The van der Waals surface area contributed by atoms with Gasteiger partial charge in [0, 0.05) is 6.08 Å². The molecule has 1 aromatic heterocycles. The van der Waals surface area contributed by atoms with Crippen molar-refractivity contribution in [1.29, 1.82) is 0 Å². The van der Waals surface area contributed by atoms with E-state index in [-0.39, 0.29) is 5.97 Å². The first-order valence-electron chi connectivity index (χ1n) is 9.56. The summed E-state index contributed by atoms with van der Waals surface area (Å²) in [6, 6.07) is 0.466. The standard InChI is InChI=1S/C19H31N3O2/c1-2-3-4-5-6-10-15-24-19(23)14-13-17-16-22(21-20-17)18-11-8-7-9-12-18/h13-14,16,18H,2-12,15H2,1H3. The fraction of sp³-hybridized carbons (Fsp3) is 0.737. The number of carbonyl (C=O) groups is 1. The molecule has 2 rings (SSSR count). The largest absolute Gasteiger partial charge is 0.463 e. The summed E-state index contributed by atoms with van der Waals surface area (Å²) in [5.41, 5.74) is 0.720. The van der Waals surface area contributed by atoms with Crippen LogP contribution in [0.2, 0.25) is 0 Å². The topological polar surface area (TPSA) is 57.0 Å². The second-order valence-corrected chi connectivity index (χ2v) is 6.68. The highest BCUT2D eigenvalue weighted by atomic mass is 16.5. The first kappa shape index (κ1) is 18.7. The number of aromatic nitrogens is 3. The Morgan fingerprint density at radius 1 is 1.21 bits per heavy atom. The highest BCUT2D eigenvalue weighted by Gasteiger charge is 2.16. The van der Waals surface area contributed by atoms with E-state index < -0.39 is 0 Å². The van der Waals surface area contributed by atoms with Crippen molar-refractivity contribution in [3.05, 3.63) is 18.0 Å². The van der Waals surface area contributed by atoms with Gasteiger partial charge in [0.1, 0.15) is 5.69 Å². The van der Waals surface area contributed by atoms with Crippen molar-refractivity contribution in [3.8, 4) is 0 Å². The van der Waals surface area contributed by atoms with Gasteiger partial charge in [-0.2, -0.15) is 0 Å². The van der Waals surface area contributed by atoms with E-state index >= 15 is 0 Å². The third kappa shape index (κ3) is 6.85. The number of carbonyl (C=O) groups excluding carboxylic acids is 1. The maximum atomic E-state index is 11.7. The molecule has 24 heavy (non-hydrogen) atoms. The summed E-state index contributed by atoms with van der Waals surface area (Å²) < 4.78 is 7.16. The Morgan fingerprint density at radius 3 is 2.75 bits per heavy atom. The summed E-state index contributed by atoms with van der Waals surface area (Å²) in [7, 11) is 0. The molecule has 0 N–H and O–H groups in total. The van der Waals surface area contributed by atoms with E-state index in [1.165, 1.54) is 63.9 Å². The number of esters is 1. The lowest BCUT2D eigenvalue weighted by Gasteiger charge is -2.20. The first-order chi connectivity index (χ1) is 11.8. The van der Waals surface area contributed by atoms with Crippen LogP contribution in [0.4, 0.5) is 0 Å². The fourth-order valence-corrected chi connectivity index (χ4v) is 3.15. The summed E-state index contributed by atoms with van der Waals surface area (Å²) in [4.78, 5) is 11.7. The van der Waals surface area contributed by atoms with E-state index in [9.17, 15) is 4.79 Å². The number of ether oxygens (including phenoxy) is 1. The molecule has 1 aliphatic rings. The molecule has 0 radical (unpaired) electrons. The zero-order chi connectivity index (χ0) is 17.0. The summed E-state index contributed by atoms with van der Waals surface area (Å²) in [6.07, 6.45) is 18.4. The Kier molecular flexibility index (Phi) is 8.56. The minimum Gasteiger partial charge on any atom is -0.463 e. The van der Waals surface area contributed by atoms with Crippen molar-refractivity contribution >= 4 is 12.0 Å². The van der Waals surface area contributed by atoms with Crippen LogP contribution in [-0.4, -0.2) is 27.6 Å². The van der Waals surface area contributed by atoms with Gasteiger partial charge in [-0.15, -0.1) is 5.10 Å². The minimum atomic E-state index is -0.296. The van der Waals surface area contributed by atoms with Gasteiger partial charge in [-0.1, -0.05) is 63.5 Å². The molecule has 1 saturated carbocycles. The Bertz CT molecular complexity index is 504. The molecule has 5 nitrogen and oxygen atoms in total. The molecule has 0 atom stereocenters. The summed E-state index contributed by atoms with van der Waals surface area (Å²) in [6.45, 7) is 2.71. The second-order valence-electron chi connectivity index (χ2n) is 6.68. The molecular weight excluding hydrogens is 302 g/mol. The molecule has 1 aliphatic carbocycles. The van der Waals surface area contributed by atoms with Crippen LogP contribution in [0.1, 0.15) is 89.3 Å². The van der Waals surface area contributed by atoms with E-state index in [1.807, 2.05) is 10.9 Å². The molecule has 1 fully saturated rings. The lowest BCUT2D eigenvalue weighted by Crippen LogP contribution is -2.13. The van der Waals surface area contributed by atoms with Gasteiger partial charge >= 0.3 is 5.97 Å². The highest BCUT2D eigenvalue weighted by molar-refractivity contribution is 5.86. The van der Waals surface area contributed by atoms with Crippen molar-refractivity contribution < 1.29 is 9.53 Å². The summed E-state index contributed by atoms with van der Waals surface area (Å²) in [5, 5.41) is 8.31. The number of nitrogens with zero attached hydrogens (tertiary/aromatic N) is 3. The Hall–Kier alpha value is -1.65. The van der Waals surface area contributed by atoms with Crippen LogP contribution in [0.5, 0.6) is 0 Å². The number of hydrogen-bond acceptors (Lipinski definition) is 4. The molecule has 1 heterocycles. The minimum absolute atomic E-state index is 0.296. The normalized spacial score (nSPS) is 15.9. The second kappa shape index (κ2) is 11.0. The van der Waals surface area contributed by atoms with E-state index in [2.05, 4.69) is 17.2 Å². The van der Waals surface area contributed by atoms with Gasteiger partial charge in [0.15, 0.2) is 0 Å². The maximum Gasteiger partial charge on any atom is 0.330 e. The van der Waals surface area contributed by atoms with Crippen molar-refractivity contribution in [3.63, 3.8) is 0 Å². The van der Waals surface area contributed by atoms with E-state index in [4.69, 9.17) is 4.74 Å². The molecule has 0 aliphatic heterocycles. The van der Waals surface area contributed by atoms with Crippen LogP contribution >= 0.6 is 0 Å². The van der Waals surface area contributed by atoms with Gasteiger partial charge in [0.05, 0.1) is 18.8 Å². The van der Waals surface area contributed by atoms with Crippen molar-refractivity contribution in [2.45, 2.75) is 83.6 Å². The van der Waals surface area contributed by atoms with Crippen molar-refractivity contribution in [2.75, 3.05) is 6.61 Å². The highest BCUT2D eigenvalue weighted by Crippen LogP contribution is 2.27. The lowest BCUT2D eigenvalue weighted by atomic mass is 9.96. The Morgan fingerprint density at radius 2 is 1.96 bits per heavy atom. The summed E-state index contributed by atoms with van der Waals surface area (Å²) >= 11 is 0. The van der Waals surface area contributed by atoms with Crippen LogP contribution in [0.25, 0.3) is 6.08 Å². The quantitative estimate of drug-likeness (QED) is 0.354. The summed E-state index contributed by atoms with van der Waals surface area (Å²) in [5.74, 6) is -0.296. The SMILES string of the molecule is CCCCCCCCOC(=O)C=Cc1cn(C2CCCCC2)nn1. The molecular formula is C19H31N3O2. The molecule has 0 spiro atoms. The predicted octanol–water partition coefficient (Wildman–Crippen LogP) is 4.70. The molecule has 0 amide bonds. The van der Waals surface area contributed by atoms with Crippen molar-refractivity contribution in [2.24, 2.45) is 0 Å². The third-order valence-electron chi connectivity index (χ3n) is 4.61. The zero-order valence-electron chi connectivity index (χ0n) is 15.0. The fourth-order valence-electron chi connectivity index (χ4n) is 3.15. The molecule has 134 valence electrons. The van der Waals surface area contributed by atoms with Gasteiger partial charge in [0.25, 0.3) is 0 Å². The molecule has 0 saturated heterocycles. The average Bonchev–Trinajstić information content (AvgIpc) is 3.09. The average molecular weight is 333 g/mol. The molecule has 1 aromatic rings. The Labute approximate surface area is 145 Å². The Balaban J connectivity index is 1.63. The molecule has 0 unspecified atom stereocenters. The lowest BCUT2D eigenvalue weighted by molar-refractivity contribution is -0.137. The van der Waals surface area contributed by atoms with Crippen LogP contribution in [-0.2, 0) is 9.53 Å². The first-order valence-corrected chi connectivity index (χ1v) is 9.56. The predicted molar refractivity (Wildman–Crippen MR) is 95.5 cm³/mol. The van der Waals surface area contributed by atoms with E-state index in [1.54, 1.807) is 6.08 Å². The van der Waals surface area contributed by atoms with E-state index in [0.717, 1.165) is 18.5 Å². The number of rotatable bonds is 10. The van der Waals surface area contributed by atoms with Gasteiger partial charge in [-0.25, -0.2) is 9.48 Å².